The summed E-state index contributed by atoms with van der Waals surface area (Å²) >= 11 is 5.93. The fourth-order valence-electron chi connectivity index (χ4n) is 3.13. The number of anilines is 1. The second-order valence-electron chi connectivity index (χ2n) is 7.09. The molecule has 0 saturated heterocycles. The van der Waals surface area contributed by atoms with Gasteiger partial charge >= 0.3 is 0 Å². The van der Waals surface area contributed by atoms with Gasteiger partial charge in [0.05, 0.1) is 24.0 Å². The number of pyridine rings is 1. The largest absolute Gasteiger partial charge is 0.351 e. The van der Waals surface area contributed by atoms with Gasteiger partial charge in [-0.1, -0.05) is 37.1 Å². The summed E-state index contributed by atoms with van der Waals surface area (Å²) in [6.45, 7) is 2.55. The second-order valence-corrected chi connectivity index (χ2v) is 9.52. The lowest BCUT2D eigenvalue weighted by atomic mass is 10.1. The first-order valence-electron chi connectivity index (χ1n) is 9.55. The van der Waals surface area contributed by atoms with E-state index in [9.17, 15) is 18.0 Å². The van der Waals surface area contributed by atoms with Gasteiger partial charge in [0.2, 0.25) is 5.91 Å². The fraction of sp³-hybridized carbons (Fsp3) is 0.350. The molecule has 31 heavy (non-hydrogen) atoms. The maximum Gasteiger partial charge on any atom is 0.269 e. The number of nitrogens with one attached hydrogen (secondary N) is 1. The minimum absolute atomic E-state index is 0. The maximum atomic E-state index is 12.9. The molecule has 168 valence electrons. The Bertz CT molecular complexity index is 1060. The van der Waals surface area contributed by atoms with Gasteiger partial charge in [0.25, 0.3) is 5.91 Å². The molecule has 1 aromatic heterocycles. The lowest BCUT2D eigenvalue weighted by Gasteiger charge is -2.24. The SMILES string of the molecule is CCCCNC(=O)c1cc2c(cn1)S(=O)(=O)C[C@H](N)C(=O)N2Cc1ccc(Cl)cc1.Cl. The smallest absolute Gasteiger partial charge is 0.269 e. The number of halogens is 2. The molecule has 1 atom stereocenters. The molecular weight excluding hydrogens is 463 g/mol. The molecule has 0 unspecified atom stereocenters. The van der Waals surface area contributed by atoms with Crippen LogP contribution in [-0.4, -0.2) is 43.6 Å². The van der Waals surface area contributed by atoms with Crippen LogP contribution in [0.3, 0.4) is 0 Å². The van der Waals surface area contributed by atoms with Crippen LogP contribution in [-0.2, 0) is 21.2 Å². The van der Waals surface area contributed by atoms with Crippen molar-refractivity contribution in [3.05, 3.63) is 52.8 Å². The molecule has 1 aromatic carbocycles. The first-order valence-corrected chi connectivity index (χ1v) is 11.6. The minimum Gasteiger partial charge on any atom is -0.351 e. The summed E-state index contributed by atoms with van der Waals surface area (Å²) < 4.78 is 25.5. The number of amides is 2. The zero-order valence-corrected chi connectivity index (χ0v) is 19.3. The van der Waals surface area contributed by atoms with Gasteiger partial charge in [-0.3, -0.25) is 9.59 Å². The summed E-state index contributed by atoms with van der Waals surface area (Å²) in [7, 11) is -3.86. The highest BCUT2D eigenvalue weighted by Crippen LogP contribution is 2.31. The molecule has 0 saturated carbocycles. The predicted octanol–water partition coefficient (Wildman–Crippen LogP) is 2.33. The highest BCUT2D eigenvalue weighted by atomic mass is 35.5. The van der Waals surface area contributed by atoms with E-state index >= 15 is 0 Å². The highest BCUT2D eigenvalue weighted by Gasteiger charge is 2.36. The summed E-state index contributed by atoms with van der Waals surface area (Å²) in [5.41, 5.74) is 6.75. The van der Waals surface area contributed by atoms with Gasteiger partial charge in [-0.25, -0.2) is 13.4 Å². The van der Waals surface area contributed by atoms with Gasteiger partial charge in [0, 0.05) is 17.8 Å². The summed E-state index contributed by atoms with van der Waals surface area (Å²) in [5.74, 6) is -1.51. The van der Waals surface area contributed by atoms with Gasteiger partial charge in [-0.15, -0.1) is 12.4 Å². The van der Waals surface area contributed by atoms with Crippen molar-refractivity contribution in [2.45, 2.75) is 37.2 Å². The summed E-state index contributed by atoms with van der Waals surface area (Å²) in [6, 6.07) is 6.93. The molecule has 0 aliphatic carbocycles. The van der Waals surface area contributed by atoms with Crippen molar-refractivity contribution in [1.29, 1.82) is 0 Å². The Hall–Kier alpha value is -2.20. The van der Waals surface area contributed by atoms with Crippen molar-refractivity contribution in [3.8, 4) is 0 Å². The molecule has 1 aliphatic rings. The molecule has 2 heterocycles. The number of nitrogens with zero attached hydrogens (tertiary/aromatic N) is 2. The second kappa shape index (κ2) is 10.4. The molecule has 0 fully saturated rings. The van der Waals surface area contributed by atoms with Gasteiger partial charge in [0.15, 0.2) is 9.84 Å². The molecule has 0 bridgehead atoms. The number of hydrogen-bond donors (Lipinski definition) is 2. The highest BCUT2D eigenvalue weighted by molar-refractivity contribution is 7.91. The number of nitrogens with two attached hydrogens (primary N) is 1. The Morgan fingerprint density at radius 1 is 1.32 bits per heavy atom. The van der Waals surface area contributed by atoms with Gasteiger partial charge < -0.3 is 16.0 Å². The average Bonchev–Trinajstić information content (AvgIpc) is 2.78. The van der Waals surface area contributed by atoms with Crippen LogP contribution in [0.15, 0.2) is 41.4 Å². The standard InChI is InChI=1S/C20H23ClN4O4S.ClH/c1-2-3-8-23-19(26)16-9-17-18(10-24-16)30(28,29)12-15(22)20(27)25(17)11-13-4-6-14(21)7-5-13;/h4-7,9-10,15H,2-3,8,11-12,22H2,1H3,(H,23,26);1H/t15-;/m0./s1. The first-order chi connectivity index (χ1) is 14.2. The number of carbonyl (C=O) groups is 2. The molecule has 11 heteroatoms. The molecule has 0 spiro atoms. The van der Waals surface area contributed by atoms with Crippen LogP contribution in [0.2, 0.25) is 5.02 Å². The van der Waals surface area contributed by atoms with Crippen LogP contribution in [0.25, 0.3) is 0 Å². The molecular formula is C20H24Cl2N4O4S. The molecule has 2 amide bonds. The van der Waals surface area contributed by atoms with E-state index in [1.165, 1.54) is 11.0 Å². The lowest BCUT2D eigenvalue weighted by molar-refractivity contribution is -0.119. The van der Waals surface area contributed by atoms with Crippen LogP contribution in [0.4, 0.5) is 5.69 Å². The zero-order chi connectivity index (χ0) is 21.9. The van der Waals surface area contributed by atoms with E-state index in [0.717, 1.165) is 24.6 Å². The Labute approximate surface area is 192 Å². The van der Waals surface area contributed by atoms with Crippen molar-refractivity contribution in [2.24, 2.45) is 5.73 Å². The molecule has 1 aliphatic heterocycles. The van der Waals surface area contributed by atoms with Crippen molar-refractivity contribution >= 4 is 51.3 Å². The normalized spacial score (nSPS) is 17.3. The first kappa shape index (κ1) is 25.1. The summed E-state index contributed by atoms with van der Waals surface area (Å²) in [4.78, 5) is 30.6. The van der Waals surface area contributed by atoms with Crippen molar-refractivity contribution < 1.29 is 18.0 Å². The van der Waals surface area contributed by atoms with Gasteiger partial charge in [0.1, 0.15) is 10.6 Å². The van der Waals surface area contributed by atoms with E-state index < -0.39 is 33.4 Å². The number of carbonyl (C=O) groups excluding carboxylic acids is 2. The van der Waals surface area contributed by atoms with E-state index in [-0.39, 0.29) is 35.2 Å². The van der Waals surface area contributed by atoms with Crippen molar-refractivity contribution in [1.82, 2.24) is 10.3 Å². The summed E-state index contributed by atoms with van der Waals surface area (Å²) in [5, 5.41) is 3.28. The van der Waals surface area contributed by atoms with E-state index in [4.69, 9.17) is 17.3 Å². The number of unbranched alkanes of at least 4 members (excludes halogenated alkanes) is 1. The fourth-order valence-corrected chi connectivity index (χ4v) is 4.75. The third-order valence-corrected chi connectivity index (χ3v) is 6.79. The zero-order valence-electron chi connectivity index (χ0n) is 16.9. The molecule has 3 rings (SSSR count). The minimum atomic E-state index is -3.86. The topological polar surface area (TPSA) is 122 Å². The predicted molar refractivity (Wildman–Crippen MR) is 121 cm³/mol. The number of hydrogen-bond acceptors (Lipinski definition) is 6. The quantitative estimate of drug-likeness (QED) is 0.604. The van der Waals surface area contributed by atoms with Crippen LogP contribution < -0.4 is 16.0 Å². The number of benzene rings is 1. The van der Waals surface area contributed by atoms with Crippen LogP contribution >= 0.6 is 24.0 Å². The van der Waals surface area contributed by atoms with Crippen molar-refractivity contribution in [3.63, 3.8) is 0 Å². The van der Waals surface area contributed by atoms with Gasteiger partial charge in [-0.2, -0.15) is 0 Å². The number of fused-ring (bicyclic) bond motifs is 1. The van der Waals surface area contributed by atoms with Crippen LogP contribution in [0, 0.1) is 0 Å². The number of aromatic nitrogens is 1. The summed E-state index contributed by atoms with van der Waals surface area (Å²) in [6.07, 6.45) is 2.85. The molecule has 2 aromatic rings. The lowest BCUT2D eigenvalue weighted by Crippen LogP contribution is -2.45. The van der Waals surface area contributed by atoms with E-state index in [1.54, 1.807) is 24.3 Å². The average molecular weight is 487 g/mol. The van der Waals surface area contributed by atoms with Crippen molar-refractivity contribution in [2.75, 3.05) is 17.2 Å². The third kappa shape index (κ3) is 5.74. The van der Waals surface area contributed by atoms with Gasteiger partial charge in [-0.05, 0) is 30.2 Å². The monoisotopic (exact) mass is 486 g/mol. The molecule has 3 N–H and O–H groups in total. The van der Waals surface area contributed by atoms with E-state index in [2.05, 4.69) is 10.3 Å². The maximum absolute atomic E-state index is 12.9. The Balaban J connectivity index is 0.00000341. The third-order valence-electron chi connectivity index (χ3n) is 4.76. The number of sulfone groups is 1. The van der Waals surface area contributed by atoms with E-state index in [0.29, 0.717) is 11.6 Å². The molecule has 8 nitrogen and oxygen atoms in total. The Morgan fingerprint density at radius 2 is 2.00 bits per heavy atom. The Morgan fingerprint density at radius 3 is 2.65 bits per heavy atom. The number of rotatable bonds is 6. The van der Waals surface area contributed by atoms with E-state index in [1.807, 2.05) is 6.92 Å². The Kier molecular flexibility index (Phi) is 8.41. The molecule has 0 radical (unpaired) electrons. The van der Waals surface area contributed by atoms with Crippen LogP contribution in [0.1, 0.15) is 35.8 Å². The van der Waals surface area contributed by atoms with Crippen LogP contribution in [0.5, 0.6) is 0 Å².